The summed E-state index contributed by atoms with van der Waals surface area (Å²) in [5.74, 6) is 0. The predicted molar refractivity (Wildman–Crippen MR) is 65.0 cm³/mol. The summed E-state index contributed by atoms with van der Waals surface area (Å²) in [6, 6.07) is 6.36. The van der Waals surface area contributed by atoms with E-state index in [0.29, 0.717) is 6.54 Å². The lowest BCUT2D eigenvalue weighted by Gasteiger charge is -2.36. The minimum Gasteiger partial charge on any atom is -0.377 e. The summed E-state index contributed by atoms with van der Waals surface area (Å²) in [5.41, 5.74) is 8.44. The van der Waals surface area contributed by atoms with Crippen LogP contribution in [0.3, 0.4) is 0 Å². The van der Waals surface area contributed by atoms with Gasteiger partial charge in [-0.05, 0) is 30.0 Å². The maximum absolute atomic E-state index is 5.82. The molecular formula is C12H16BrNO. The fourth-order valence-corrected chi connectivity index (χ4v) is 2.79. The quantitative estimate of drug-likeness (QED) is 0.894. The maximum atomic E-state index is 5.82. The fourth-order valence-electron chi connectivity index (χ4n) is 2.24. The average Bonchev–Trinajstić information content (AvgIpc) is 2.29. The van der Waals surface area contributed by atoms with Crippen molar-refractivity contribution >= 4 is 15.9 Å². The number of fused-ring (bicyclic) bond motifs is 1. The van der Waals surface area contributed by atoms with Crippen LogP contribution in [0.15, 0.2) is 22.7 Å². The van der Waals surface area contributed by atoms with Crippen LogP contribution in [0.4, 0.5) is 0 Å². The lowest BCUT2D eigenvalue weighted by atomic mass is 9.80. The van der Waals surface area contributed by atoms with Gasteiger partial charge >= 0.3 is 0 Å². The van der Waals surface area contributed by atoms with Gasteiger partial charge in [0.1, 0.15) is 0 Å². The fraction of sp³-hybridized carbons (Fsp3) is 0.500. The molecule has 0 radical (unpaired) electrons. The van der Waals surface area contributed by atoms with Gasteiger partial charge in [-0.3, -0.25) is 0 Å². The molecule has 1 unspecified atom stereocenters. The van der Waals surface area contributed by atoms with E-state index in [4.69, 9.17) is 10.5 Å². The van der Waals surface area contributed by atoms with E-state index in [1.165, 1.54) is 15.6 Å². The van der Waals surface area contributed by atoms with E-state index < -0.39 is 0 Å². The third-order valence-electron chi connectivity index (χ3n) is 3.37. The summed E-state index contributed by atoms with van der Waals surface area (Å²) < 4.78 is 6.77. The van der Waals surface area contributed by atoms with Gasteiger partial charge in [0.15, 0.2) is 0 Å². The van der Waals surface area contributed by atoms with Gasteiger partial charge in [0.25, 0.3) is 0 Å². The molecule has 2 N–H and O–H groups in total. The molecule has 0 spiro atoms. The molecule has 1 aliphatic rings. The number of hydrogen-bond donors (Lipinski definition) is 1. The molecule has 15 heavy (non-hydrogen) atoms. The number of methoxy groups -OCH3 is 1. The second-order valence-electron chi connectivity index (χ2n) is 4.15. The first-order valence-corrected chi connectivity index (χ1v) is 6.01. The van der Waals surface area contributed by atoms with Gasteiger partial charge in [0.05, 0.1) is 5.60 Å². The van der Waals surface area contributed by atoms with Crippen LogP contribution < -0.4 is 5.73 Å². The third kappa shape index (κ3) is 1.96. The van der Waals surface area contributed by atoms with E-state index in [0.717, 1.165) is 19.3 Å². The van der Waals surface area contributed by atoms with Crippen molar-refractivity contribution in [1.82, 2.24) is 0 Å². The summed E-state index contributed by atoms with van der Waals surface area (Å²) >= 11 is 3.60. The first-order chi connectivity index (χ1) is 7.21. The zero-order valence-electron chi connectivity index (χ0n) is 8.92. The standard InChI is InChI=1S/C12H16BrNO/c1-15-12(8-14)6-5-9-3-2-4-11(13)10(9)7-12/h2-4H,5-8,14H2,1H3. The zero-order valence-corrected chi connectivity index (χ0v) is 10.5. The van der Waals surface area contributed by atoms with Gasteiger partial charge in [0, 0.05) is 24.5 Å². The van der Waals surface area contributed by atoms with Crippen LogP contribution in [0, 0.1) is 0 Å². The number of halogens is 1. The Morgan fingerprint density at radius 3 is 3.00 bits per heavy atom. The molecule has 2 nitrogen and oxygen atoms in total. The maximum Gasteiger partial charge on any atom is 0.0844 e. The van der Waals surface area contributed by atoms with E-state index >= 15 is 0 Å². The van der Waals surface area contributed by atoms with Crippen molar-refractivity contribution in [1.29, 1.82) is 0 Å². The number of benzene rings is 1. The van der Waals surface area contributed by atoms with E-state index in [1.807, 2.05) is 0 Å². The zero-order chi connectivity index (χ0) is 10.9. The Morgan fingerprint density at radius 2 is 2.33 bits per heavy atom. The molecular weight excluding hydrogens is 254 g/mol. The average molecular weight is 270 g/mol. The Labute approximate surface area is 98.9 Å². The monoisotopic (exact) mass is 269 g/mol. The van der Waals surface area contributed by atoms with Gasteiger partial charge in [0.2, 0.25) is 0 Å². The Kier molecular flexibility index (Phi) is 3.14. The van der Waals surface area contributed by atoms with Crippen molar-refractivity contribution in [2.24, 2.45) is 5.73 Å². The minimum absolute atomic E-state index is 0.156. The summed E-state index contributed by atoms with van der Waals surface area (Å²) in [6.45, 7) is 0.588. The van der Waals surface area contributed by atoms with E-state index in [9.17, 15) is 0 Å². The SMILES string of the molecule is COC1(CN)CCc2cccc(Br)c2C1. The van der Waals surface area contributed by atoms with Crippen LogP contribution in [0.5, 0.6) is 0 Å². The van der Waals surface area contributed by atoms with Crippen LogP contribution in [0.25, 0.3) is 0 Å². The lowest BCUT2D eigenvalue weighted by Crippen LogP contribution is -2.44. The highest BCUT2D eigenvalue weighted by Crippen LogP contribution is 2.34. The molecule has 1 aliphatic carbocycles. The number of rotatable bonds is 2. The van der Waals surface area contributed by atoms with Crippen LogP contribution in [-0.4, -0.2) is 19.3 Å². The molecule has 3 heteroatoms. The van der Waals surface area contributed by atoms with E-state index in [-0.39, 0.29) is 5.60 Å². The summed E-state index contributed by atoms with van der Waals surface area (Å²) in [7, 11) is 1.76. The van der Waals surface area contributed by atoms with Gasteiger partial charge in [-0.1, -0.05) is 28.1 Å². The summed E-state index contributed by atoms with van der Waals surface area (Å²) in [5, 5.41) is 0. The normalized spacial score (nSPS) is 25.0. The van der Waals surface area contributed by atoms with Crippen molar-refractivity contribution in [3.8, 4) is 0 Å². The molecule has 0 amide bonds. The minimum atomic E-state index is -0.156. The molecule has 0 aromatic heterocycles. The summed E-state index contributed by atoms with van der Waals surface area (Å²) in [4.78, 5) is 0. The predicted octanol–water partition coefficient (Wildman–Crippen LogP) is 2.28. The Hall–Kier alpha value is -0.380. The lowest BCUT2D eigenvalue weighted by molar-refractivity contribution is -0.0136. The third-order valence-corrected chi connectivity index (χ3v) is 4.11. The molecule has 0 saturated heterocycles. The van der Waals surface area contributed by atoms with Crippen molar-refractivity contribution in [3.63, 3.8) is 0 Å². The Bertz CT molecular complexity index is 361. The Morgan fingerprint density at radius 1 is 1.53 bits per heavy atom. The van der Waals surface area contributed by atoms with Crippen molar-refractivity contribution in [2.45, 2.75) is 24.9 Å². The molecule has 0 saturated carbocycles. The van der Waals surface area contributed by atoms with Gasteiger partial charge in [-0.25, -0.2) is 0 Å². The second kappa shape index (κ2) is 4.24. The number of hydrogen-bond acceptors (Lipinski definition) is 2. The highest BCUT2D eigenvalue weighted by molar-refractivity contribution is 9.10. The van der Waals surface area contributed by atoms with Gasteiger partial charge in [-0.2, -0.15) is 0 Å². The first-order valence-electron chi connectivity index (χ1n) is 5.22. The molecule has 0 bridgehead atoms. The van der Waals surface area contributed by atoms with E-state index in [1.54, 1.807) is 7.11 Å². The molecule has 82 valence electrons. The number of aryl methyl sites for hydroxylation is 1. The molecule has 1 aromatic carbocycles. The number of nitrogens with two attached hydrogens (primary N) is 1. The second-order valence-corrected chi connectivity index (χ2v) is 5.00. The smallest absolute Gasteiger partial charge is 0.0844 e. The first kappa shape index (κ1) is 11.1. The van der Waals surface area contributed by atoms with Crippen LogP contribution in [0.1, 0.15) is 17.5 Å². The van der Waals surface area contributed by atoms with Gasteiger partial charge < -0.3 is 10.5 Å². The molecule has 2 rings (SSSR count). The van der Waals surface area contributed by atoms with Crippen molar-refractivity contribution in [3.05, 3.63) is 33.8 Å². The van der Waals surface area contributed by atoms with Crippen LogP contribution >= 0.6 is 15.9 Å². The van der Waals surface area contributed by atoms with Gasteiger partial charge in [-0.15, -0.1) is 0 Å². The van der Waals surface area contributed by atoms with Crippen molar-refractivity contribution in [2.75, 3.05) is 13.7 Å². The summed E-state index contributed by atoms with van der Waals surface area (Å²) in [6.07, 6.45) is 2.99. The highest BCUT2D eigenvalue weighted by atomic mass is 79.9. The molecule has 0 aliphatic heterocycles. The highest BCUT2D eigenvalue weighted by Gasteiger charge is 2.33. The topological polar surface area (TPSA) is 35.2 Å². The molecule has 0 heterocycles. The Balaban J connectivity index is 2.36. The van der Waals surface area contributed by atoms with Crippen molar-refractivity contribution < 1.29 is 4.74 Å². The van der Waals surface area contributed by atoms with Crippen LogP contribution in [0.2, 0.25) is 0 Å². The molecule has 1 aromatic rings. The largest absolute Gasteiger partial charge is 0.377 e. The number of ether oxygens (including phenoxy) is 1. The molecule has 1 atom stereocenters. The molecule has 0 fully saturated rings. The van der Waals surface area contributed by atoms with E-state index in [2.05, 4.69) is 34.1 Å². The van der Waals surface area contributed by atoms with Crippen LogP contribution in [-0.2, 0) is 17.6 Å².